The first-order valence-electron chi connectivity index (χ1n) is 6.15. The molecule has 98 valence electrons. The molecule has 1 amide bonds. The molecule has 1 aliphatic rings. The molecule has 0 aliphatic heterocycles. The number of thioether (sulfide) groups is 1. The molecule has 1 aromatic carbocycles. The van der Waals surface area contributed by atoms with E-state index in [-0.39, 0.29) is 10.7 Å². The van der Waals surface area contributed by atoms with E-state index in [1.807, 2.05) is 36.9 Å². The Morgan fingerprint density at radius 1 is 1.44 bits per heavy atom. The van der Waals surface area contributed by atoms with Gasteiger partial charge in [0.05, 0.1) is 0 Å². The molecule has 0 bridgehead atoms. The third-order valence-corrected chi connectivity index (χ3v) is 5.45. The first kappa shape index (κ1) is 13.9. The van der Waals surface area contributed by atoms with E-state index in [1.54, 1.807) is 0 Å². The molecule has 0 unspecified atom stereocenters. The molecule has 18 heavy (non-hydrogen) atoms. The summed E-state index contributed by atoms with van der Waals surface area (Å²) in [7, 11) is 0. The van der Waals surface area contributed by atoms with E-state index >= 15 is 0 Å². The Kier molecular flexibility index (Phi) is 4.38. The van der Waals surface area contributed by atoms with E-state index in [9.17, 15) is 4.79 Å². The average molecular weight is 328 g/mol. The molecule has 2 rings (SSSR count). The van der Waals surface area contributed by atoms with E-state index in [4.69, 9.17) is 0 Å². The lowest BCUT2D eigenvalue weighted by molar-refractivity contribution is 0.0944. The highest BCUT2D eigenvalue weighted by molar-refractivity contribution is 9.10. The highest BCUT2D eigenvalue weighted by atomic mass is 79.9. The van der Waals surface area contributed by atoms with Crippen LogP contribution in [0, 0.1) is 6.92 Å². The molecule has 1 fully saturated rings. The van der Waals surface area contributed by atoms with Crippen LogP contribution in [-0.2, 0) is 0 Å². The zero-order chi connectivity index (χ0) is 13.2. The van der Waals surface area contributed by atoms with Crippen LogP contribution in [0.2, 0.25) is 0 Å². The second kappa shape index (κ2) is 5.66. The van der Waals surface area contributed by atoms with Crippen LogP contribution in [0.15, 0.2) is 22.7 Å². The molecule has 1 N–H and O–H groups in total. The summed E-state index contributed by atoms with van der Waals surface area (Å²) in [5.74, 6) is 0.0275. The SMILES string of the molecule is CSC1(CNC(=O)c2cc(C)cc(Br)c2)CCC1. The molecular formula is C14H18BrNOS. The van der Waals surface area contributed by atoms with Gasteiger partial charge in [-0.2, -0.15) is 11.8 Å². The van der Waals surface area contributed by atoms with Crippen LogP contribution in [0.5, 0.6) is 0 Å². The zero-order valence-corrected chi connectivity index (χ0v) is 13.2. The van der Waals surface area contributed by atoms with Gasteiger partial charge >= 0.3 is 0 Å². The van der Waals surface area contributed by atoms with Crippen LogP contribution >= 0.6 is 27.7 Å². The van der Waals surface area contributed by atoms with Gasteiger partial charge in [-0.15, -0.1) is 0 Å². The van der Waals surface area contributed by atoms with Crippen molar-refractivity contribution in [3.05, 3.63) is 33.8 Å². The second-order valence-electron chi connectivity index (χ2n) is 4.94. The first-order chi connectivity index (χ1) is 8.54. The van der Waals surface area contributed by atoms with Crippen LogP contribution < -0.4 is 5.32 Å². The van der Waals surface area contributed by atoms with E-state index in [0.29, 0.717) is 0 Å². The number of benzene rings is 1. The standard InChI is InChI=1S/C14H18BrNOS/c1-10-6-11(8-12(15)7-10)13(17)16-9-14(18-2)4-3-5-14/h6-8H,3-5,9H2,1-2H3,(H,16,17). The minimum atomic E-state index is 0.0275. The van der Waals surface area contributed by atoms with Crippen molar-refractivity contribution < 1.29 is 4.79 Å². The van der Waals surface area contributed by atoms with E-state index in [1.165, 1.54) is 19.3 Å². The summed E-state index contributed by atoms with van der Waals surface area (Å²) < 4.78 is 1.24. The van der Waals surface area contributed by atoms with Gasteiger partial charge in [0.25, 0.3) is 5.91 Å². The van der Waals surface area contributed by atoms with Crippen molar-refractivity contribution in [3.8, 4) is 0 Å². The van der Waals surface area contributed by atoms with E-state index in [2.05, 4.69) is 27.5 Å². The molecule has 4 heteroatoms. The van der Waals surface area contributed by atoms with Gasteiger partial charge < -0.3 is 5.32 Å². The molecule has 0 heterocycles. The van der Waals surface area contributed by atoms with Gasteiger partial charge in [-0.1, -0.05) is 22.4 Å². The third-order valence-electron chi connectivity index (χ3n) is 3.57. The fourth-order valence-electron chi connectivity index (χ4n) is 2.24. The topological polar surface area (TPSA) is 29.1 Å². The lowest BCUT2D eigenvalue weighted by Gasteiger charge is -2.40. The third kappa shape index (κ3) is 3.09. The lowest BCUT2D eigenvalue weighted by atomic mass is 9.84. The zero-order valence-electron chi connectivity index (χ0n) is 10.8. The highest BCUT2D eigenvalue weighted by Crippen LogP contribution is 2.42. The highest BCUT2D eigenvalue weighted by Gasteiger charge is 2.36. The van der Waals surface area contributed by atoms with E-state index in [0.717, 1.165) is 22.1 Å². The fourth-order valence-corrected chi connectivity index (χ4v) is 3.76. The maximum atomic E-state index is 12.1. The van der Waals surface area contributed by atoms with Crippen molar-refractivity contribution in [1.82, 2.24) is 5.32 Å². The summed E-state index contributed by atoms with van der Waals surface area (Å²) in [6, 6.07) is 5.80. The molecule has 1 aromatic rings. The first-order valence-corrected chi connectivity index (χ1v) is 8.17. The molecule has 1 aliphatic carbocycles. The number of nitrogens with one attached hydrogen (secondary N) is 1. The normalized spacial score (nSPS) is 17.1. The van der Waals surface area contributed by atoms with Gasteiger partial charge in [0.2, 0.25) is 0 Å². The Hall–Kier alpha value is -0.480. The van der Waals surface area contributed by atoms with Crippen molar-refractivity contribution >= 4 is 33.6 Å². The Balaban J connectivity index is 1.99. The molecule has 0 atom stereocenters. The van der Waals surface area contributed by atoms with Crippen molar-refractivity contribution in [2.75, 3.05) is 12.8 Å². The molecule has 0 aromatic heterocycles. The summed E-state index contributed by atoms with van der Waals surface area (Å²) in [5.41, 5.74) is 1.83. The smallest absolute Gasteiger partial charge is 0.251 e. The van der Waals surface area contributed by atoms with Crippen LogP contribution in [0.3, 0.4) is 0 Å². The maximum absolute atomic E-state index is 12.1. The summed E-state index contributed by atoms with van der Waals surface area (Å²) in [6.45, 7) is 2.77. The van der Waals surface area contributed by atoms with Gasteiger partial charge in [-0.3, -0.25) is 4.79 Å². The fraction of sp³-hybridized carbons (Fsp3) is 0.500. The maximum Gasteiger partial charge on any atom is 0.251 e. The van der Waals surface area contributed by atoms with E-state index < -0.39 is 0 Å². The Morgan fingerprint density at radius 3 is 2.67 bits per heavy atom. The van der Waals surface area contributed by atoms with Crippen molar-refractivity contribution in [2.24, 2.45) is 0 Å². The number of hydrogen-bond donors (Lipinski definition) is 1. The molecule has 2 nitrogen and oxygen atoms in total. The molecule has 1 saturated carbocycles. The number of hydrogen-bond acceptors (Lipinski definition) is 2. The predicted octanol–water partition coefficient (Wildman–Crippen LogP) is 3.77. The number of carbonyl (C=O) groups excluding carboxylic acids is 1. The van der Waals surface area contributed by atoms with Crippen LogP contribution in [0.25, 0.3) is 0 Å². The number of carbonyl (C=O) groups is 1. The summed E-state index contributed by atoms with van der Waals surface area (Å²) in [5, 5.41) is 3.07. The average Bonchev–Trinajstić information content (AvgIpc) is 2.26. The second-order valence-corrected chi connectivity index (χ2v) is 7.13. The van der Waals surface area contributed by atoms with Crippen molar-refractivity contribution in [2.45, 2.75) is 30.9 Å². The van der Waals surface area contributed by atoms with Crippen LogP contribution in [0.1, 0.15) is 35.2 Å². The van der Waals surface area contributed by atoms with Gasteiger partial charge in [-0.25, -0.2) is 0 Å². The minimum Gasteiger partial charge on any atom is -0.351 e. The summed E-state index contributed by atoms with van der Waals surface area (Å²) in [4.78, 5) is 12.1. The molecule has 0 saturated heterocycles. The van der Waals surface area contributed by atoms with Gasteiger partial charge in [0.1, 0.15) is 0 Å². The monoisotopic (exact) mass is 327 g/mol. The van der Waals surface area contributed by atoms with Crippen LogP contribution in [-0.4, -0.2) is 23.5 Å². The number of amides is 1. The summed E-state index contributed by atoms with van der Waals surface area (Å²) in [6.07, 6.45) is 5.85. The number of aryl methyl sites for hydroxylation is 1. The van der Waals surface area contributed by atoms with Crippen molar-refractivity contribution in [3.63, 3.8) is 0 Å². The van der Waals surface area contributed by atoms with Gasteiger partial charge in [0.15, 0.2) is 0 Å². The number of rotatable bonds is 4. The largest absolute Gasteiger partial charge is 0.351 e. The predicted molar refractivity (Wildman–Crippen MR) is 81.3 cm³/mol. The van der Waals surface area contributed by atoms with Gasteiger partial charge in [-0.05, 0) is 49.8 Å². The molecule has 0 spiro atoms. The molecule has 0 radical (unpaired) electrons. The Morgan fingerprint density at radius 2 is 2.17 bits per heavy atom. The Bertz CT molecular complexity index is 431. The lowest BCUT2D eigenvalue weighted by Crippen LogP contribution is -2.45. The summed E-state index contributed by atoms with van der Waals surface area (Å²) >= 11 is 5.30. The van der Waals surface area contributed by atoms with Crippen LogP contribution in [0.4, 0.5) is 0 Å². The quantitative estimate of drug-likeness (QED) is 0.911. The molecular weight excluding hydrogens is 310 g/mol. The van der Waals surface area contributed by atoms with Crippen molar-refractivity contribution in [1.29, 1.82) is 0 Å². The van der Waals surface area contributed by atoms with Gasteiger partial charge in [0, 0.05) is 21.3 Å². The minimum absolute atomic E-state index is 0.0275. The Labute approximate surface area is 121 Å². The number of halogens is 1.